The fraction of sp³-hybridized carbons (Fsp3) is 0.200. The summed E-state index contributed by atoms with van der Waals surface area (Å²) in [7, 11) is 0. The second-order valence-electron chi connectivity index (χ2n) is 5.46. The maximum atomic E-state index is 12.8. The van der Waals surface area contributed by atoms with Crippen LogP contribution < -0.4 is 10.6 Å². The van der Waals surface area contributed by atoms with Crippen LogP contribution in [0.5, 0.6) is 0 Å². The van der Waals surface area contributed by atoms with Crippen molar-refractivity contribution in [2.24, 2.45) is 0 Å². The van der Waals surface area contributed by atoms with Crippen LogP contribution in [0, 0.1) is 0 Å². The molecule has 0 aliphatic rings. The van der Waals surface area contributed by atoms with Crippen LogP contribution in [0.4, 0.5) is 23.7 Å². The molecule has 2 amide bonds. The van der Waals surface area contributed by atoms with E-state index < -0.39 is 23.8 Å². The van der Waals surface area contributed by atoms with Crippen molar-refractivity contribution in [2.75, 3.05) is 5.32 Å². The Bertz CT molecular complexity index is 979. The van der Waals surface area contributed by atoms with Crippen molar-refractivity contribution in [2.45, 2.75) is 19.1 Å². The number of carbonyl (C=O) groups excluding carboxylic acids is 1. The lowest BCUT2D eigenvalue weighted by Crippen LogP contribution is -2.33. The zero-order chi connectivity index (χ0) is 20.3. The topological polar surface area (TPSA) is 111 Å². The predicted molar refractivity (Wildman–Crippen MR) is 91.8 cm³/mol. The molecule has 3 heterocycles. The summed E-state index contributed by atoms with van der Waals surface area (Å²) in [5.41, 5.74) is -1.32. The summed E-state index contributed by atoms with van der Waals surface area (Å²) < 4.78 is 39.7. The van der Waals surface area contributed by atoms with E-state index in [-0.39, 0.29) is 16.8 Å². The van der Waals surface area contributed by atoms with Gasteiger partial charge in [-0.05, 0) is 19.1 Å². The molecule has 0 radical (unpaired) electrons. The number of anilines is 1. The number of carbonyl (C=O) groups is 1. The van der Waals surface area contributed by atoms with E-state index in [2.05, 4.69) is 35.7 Å². The van der Waals surface area contributed by atoms with Crippen LogP contribution in [-0.4, -0.2) is 35.7 Å². The maximum absolute atomic E-state index is 12.8. The van der Waals surface area contributed by atoms with E-state index in [4.69, 9.17) is 11.6 Å². The van der Waals surface area contributed by atoms with Crippen molar-refractivity contribution in [1.82, 2.24) is 35.0 Å². The first-order valence-electron chi connectivity index (χ1n) is 7.73. The van der Waals surface area contributed by atoms with Gasteiger partial charge in [0.2, 0.25) is 0 Å². The molecule has 3 aromatic rings. The Morgan fingerprint density at radius 3 is 2.61 bits per heavy atom. The monoisotopic (exact) mass is 412 g/mol. The average Bonchev–Trinajstić information content (AvgIpc) is 3.13. The van der Waals surface area contributed by atoms with Gasteiger partial charge in [0.15, 0.2) is 11.0 Å². The predicted octanol–water partition coefficient (Wildman–Crippen LogP) is 3.01. The first-order valence-corrected chi connectivity index (χ1v) is 8.11. The first-order chi connectivity index (χ1) is 13.3. The quantitative estimate of drug-likeness (QED) is 0.637. The molecule has 0 saturated heterocycles. The lowest BCUT2D eigenvalue weighted by Gasteiger charge is -2.15. The molecule has 3 rings (SSSR count). The zero-order valence-electron chi connectivity index (χ0n) is 14.1. The van der Waals surface area contributed by atoms with Crippen LogP contribution in [0.2, 0.25) is 5.15 Å². The van der Waals surface area contributed by atoms with Gasteiger partial charge in [-0.2, -0.15) is 23.0 Å². The summed E-state index contributed by atoms with van der Waals surface area (Å²) >= 11 is 5.77. The fourth-order valence-corrected chi connectivity index (χ4v) is 2.36. The molecule has 9 nitrogen and oxygen atoms in total. The Morgan fingerprint density at radius 1 is 1.21 bits per heavy atom. The number of alkyl halides is 3. The number of rotatable bonds is 4. The van der Waals surface area contributed by atoms with Gasteiger partial charge in [0, 0.05) is 18.6 Å². The molecule has 3 aromatic heterocycles. The summed E-state index contributed by atoms with van der Waals surface area (Å²) in [4.78, 5) is 27.8. The van der Waals surface area contributed by atoms with Crippen LogP contribution in [0.1, 0.15) is 24.4 Å². The number of nitrogens with one attached hydrogen (secondary N) is 2. The molecular weight excluding hydrogens is 401 g/mol. The molecule has 0 unspecified atom stereocenters. The van der Waals surface area contributed by atoms with Crippen LogP contribution in [0.3, 0.4) is 0 Å². The Morgan fingerprint density at radius 2 is 1.93 bits per heavy atom. The molecule has 0 fully saturated rings. The number of pyridine rings is 1. The molecule has 1 atom stereocenters. The molecule has 146 valence electrons. The number of amides is 2. The highest BCUT2D eigenvalue weighted by molar-refractivity contribution is 6.32. The summed E-state index contributed by atoms with van der Waals surface area (Å²) in [5, 5.41) is 8.49. The van der Waals surface area contributed by atoms with Crippen LogP contribution in [0.25, 0.3) is 5.95 Å². The van der Waals surface area contributed by atoms with E-state index in [0.29, 0.717) is 18.1 Å². The Hall–Kier alpha value is -3.28. The number of nitrogens with zero attached hydrogens (tertiary/aromatic N) is 6. The van der Waals surface area contributed by atoms with Crippen molar-refractivity contribution in [1.29, 1.82) is 0 Å². The van der Waals surface area contributed by atoms with Crippen molar-refractivity contribution >= 4 is 23.3 Å². The lowest BCUT2D eigenvalue weighted by molar-refractivity contribution is -0.137. The van der Waals surface area contributed by atoms with Gasteiger partial charge in [-0.25, -0.2) is 24.7 Å². The molecule has 0 aliphatic heterocycles. The SMILES string of the molecule is C[C@H](NC(=O)Nc1cc(C(F)(F)F)cnc1Cl)c1ncnn1-c1ncccn1. The van der Waals surface area contributed by atoms with Gasteiger partial charge in [-0.15, -0.1) is 0 Å². The van der Waals surface area contributed by atoms with Gasteiger partial charge >= 0.3 is 12.2 Å². The van der Waals surface area contributed by atoms with E-state index >= 15 is 0 Å². The highest BCUT2D eigenvalue weighted by Gasteiger charge is 2.32. The van der Waals surface area contributed by atoms with Crippen molar-refractivity contribution in [3.05, 3.63) is 53.6 Å². The molecule has 0 bridgehead atoms. The third-order valence-electron chi connectivity index (χ3n) is 3.47. The molecule has 13 heteroatoms. The second-order valence-corrected chi connectivity index (χ2v) is 5.82. The highest BCUT2D eigenvalue weighted by atomic mass is 35.5. The fourth-order valence-electron chi connectivity index (χ4n) is 2.21. The molecule has 0 saturated carbocycles. The molecule has 0 aliphatic carbocycles. The minimum absolute atomic E-state index is 0.245. The van der Waals surface area contributed by atoms with Crippen molar-refractivity contribution in [3.8, 4) is 5.95 Å². The van der Waals surface area contributed by atoms with Gasteiger partial charge in [0.25, 0.3) is 5.95 Å². The van der Waals surface area contributed by atoms with Crippen LogP contribution in [-0.2, 0) is 6.18 Å². The Labute approximate surface area is 161 Å². The Kier molecular flexibility index (Phi) is 5.40. The van der Waals surface area contributed by atoms with Gasteiger partial charge in [-0.3, -0.25) is 0 Å². The molecule has 0 aromatic carbocycles. The Balaban J connectivity index is 1.74. The minimum Gasteiger partial charge on any atom is -0.328 e. The standard InChI is InChI=1S/C15H12ClF3N8O/c1-8(12-23-7-24-27(12)13-20-3-2-4-21-13)25-14(28)26-10-5-9(15(17,18)19)6-22-11(10)16/h2-8H,1H3,(H2,25,26,28)/t8-/m0/s1. The van der Waals surface area contributed by atoms with E-state index in [1.54, 1.807) is 13.0 Å². The molecular formula is C15H12ClF3N8O. The van der Waals surface area contributed by atoms with Gasteiger partial charge < -0.3 is 10.6 Å². The van der Waals surface area contributed by atoms with Crippen molar-refractivity contribution in [3.63, 3.8) is 0 Å². The lowest BCUT2D eigenvalue weighted by atomic mass is 10.2. The summed E-state index contributed by atoms with van der Waals surface area (Å²) in [6, 6.07) is 0.838. The number of aromatic nitrogens is 6. The molecule has 28 heavy (non-hydrogen) atoms. The average molecular weight is 413 g/mol. The van der Waals surface area contributed by atoms with Crippen LogP contribution in [0.15, 0.2) is 37.1 Å². The first kappa shape index (κ1) is 19.5. The van der Waals surface area contributed by atoms with E-state index in [1.807, 2.05) is 0 Å². The molecule has 0 spiro atoms. The number of hydrogen-bond donors (Lipinski definition) is 2. The smallest absolute Gasteiger partial charge is 0.328 e. The third kappa shape index (κ3) is 4.34. The number of halogens is 4. The number of hydrogen-bond acceptors (Lipinski definition) is 6. The summed E-state index contributed by atoms with van der Waals surface area (Å²) in [6.07, 6.45) is 0.248. The van der Waals surface area contributed by atoms with Gasteiger partial charge in [0.1, 0.15) is 6.33 Å². The number of urea groups is 1. The normalized spacial score (nSPS) is 12.5. The second kappa shape index (κ2) is 7.76. The summed E-state index contributed by atoms with van der Waals surface area (Å²) in [6.45, 7) is 1.61. The van der Waals surface area contributed by atoms with E-state index in [0.717, 1.165) is 0 Å². The molecule has 2 N–H and O–H groups in total. The van der Waals surface area contributed by atoms with Crippen molar-refractivity contribution < 1.29 is 18.0 Å². The van der Waals surface area contributed by atoms with E-state index in [1.165, 1.54) is 23.4 Å². The zero-order valence-corrected chi connectivity index (χ0v) is 14.9. The van der Waals surface area contributed by atoms with E-state index in [9.17, 15) is 18.0 Å². The van der Waals surface area contributed by atoms with Crippen LogP contribution >= 0.6 is 11.6 Å². The maximum Gasteiger partial charge on any atom is 0.417 e. The van der Waals surface area contributed by atoms with Gasteiger partial charge in [0.05, 0.1) is 17.3 Å². The third-order valence-corrected chi connectivity index (χ3v) is 3.77. The summed E-state index contributed by atoms with van der Waals surface area (Å²) in [5.74, 6) is 0.559. The highest BCUT2D eigenvalue weighted by Crippen LogP contribution is 2.32. The largest absolute Gasteiger partial charge is 0.417 e. The van der Waals surface area contributed by atoms with Gasteiger partial charge in [-0.1, -0.05) is 11.6 Å². The minimum atomic E-state index is -4.62.